The van der Waals surface area contributed by atoms with E-state index < -0.39 is 0 Å². The van der Waals surface area contributed by atoms with Gasteiger partial charge < -0.3 is 4.90 Å². The number of benzene rings is 1. The topological polar surface area (TPSA) is 3.24 Å². The van der Waals surface area contributed by atoms with Crippen LogP contribution in [0, 0.1) is 11.2 Å². The molecule has 0 atom stereocenters. The molecule has 0 radical (unpaired) electrons. The third-order valence-corrected chi connectivity index (χ3v) is 4.07. The highest BCUT2D eigenvalue weighted by Crippen LogP contribution is 2.24. The van der Waals surface area contributed by atoms with Crippen LogP contribution in [0.3, 0.4) is 0 Å². The Balaban J connectivity index is 2.78. The number of hydrogen-bond donors (Lipinski definition) is 0. The van der Waals surface area contributed by atoms with Crippen molar-refractivity contribution in [2.75, 3.05) is 23.3 Å². The standard InChI is InChI=1S/C13H19BrFN/c1-4-16(10-13(2,3)9-14)12-7-5-11(15)6-8-12/h5-8H,4,9-10H2,1-3H3. The van der Waals surface area contributed by atoms with Gasteiger partial charge in [-0.05, 0) is 36.6 Å². The molecule has 0 spiro atoms. The molecule has 0 saturated carbocycles. The largest absolute Gasteiger partial charge is 0.371 e. The van der Waals surface area contributed by atoms with Gasteiger partial charge in [0.25, 0.3) is 0 Å². The molecule has 0 aromatic heterocycles. The van der Waals surface area contributed by atoms with Crippen molar-refractivity contribution in [3.8, 4) is 0 Å². The maximum Gasteiger partial charge on any atom is 0.123 e. The van der Waals surface area contributed by atoms with Crippen LogP contribution in [-0.2, 0) is 0 Å². The lowest BCUT2D eigenvalue weighted by Gasteiger charge is -2.32. The highest BCUT2D eigenvalue weighted by atomic mass is 79.9. The van der Waals surface area contributed by atoms with Crippen LogP contribution < -0.4 is 4.90 Å². The van der Waals surface area contributed by atoms with E-state index >= 15 is 0 Å². The highest BCUT2D eigenvalue weighted by Gasteiger charge is 2.20. The van der Waals surface area contributed by atoms with Gasteiger partial charge in [-0.1, -0.05) is 29.8 Å². The van der Waals surface area contributed by atoms with Crippen molar-refractivity contribution < 1.29 is 4.39 Å². The van der Waals surface area contributed by atoms with Gasteiger partial charge in [0.2, 0.25) is 0 Å². The summed E-state index contributed by atoms with van der Waals surface area (Å²) < 4.78 is 12.8. The van der Waals surface area contributed by atoms with E-state index in [1.807, 2.05) is 12.1 Å². The molecule has 0 aliphatic rings. The molecule has 0 aliphatic carbocycles. The molecule has 0 N–H and O–H groups in total. The summed E-state index contributed by atoms with van der Waals surface area (Å²) in [6.45, 7) is 8.44. The van der Waals surface area contributed by atoms with E-state index in [0.717, 1.165) is 24.1 Å². The van der Waals surface area contributed by atoms with E-state index in [4.69, 9.17) is 0 Å². The van der Waals surface area contributed by atoms with Crippen LogP contribution in [0.25, 0.3) is 0 Å². The fourth-order valence-electron chi connectivity index (χ4n) is 1.60. The minimum atomic E-state index is -0.181. The van der Waals surface area contributed by atoms with Crippen molar-refractivity contribution in [2.45, 2.75) is 20.8 Å². The molecule has 0 amide bonds. The van der Waals surface area contributed by atoms with Crippen LogP contribution in [0.4, 0.5) is 10.1 Å². The van der Waals surface area contributed by atoms with E-state index in [2.05, 4.69) is 41.6 Å². The first-order chi connectivity index (χ1) is 7.48. The van der Waals surface area contributed by atoms with E-state index in [-0.39, 0.29) is 11.2 Å². The zero-order valence-electron chi connectivity index (χ0n) is 10.1. The Morgan fingerprint density at radius 3 is 2.25 bits per heavy atom. The van der Waals surface area contributed by atoms with E-state index in [1.165, 1.54) is 12.1 Å². The lowest BCUT2D eigenvalue weighted by atomic mass is 9.95. The van der Waals surface area contributed by atoms with Crippen molar-refractivity contribution in [3.05, 3.63) is 30.1 Å². The van der Waals surface area contributed by atoms with Gasteiger partial charge in [-0.2, -0.15) is 0 Å². The number of nitrogens with zero attached hydrogens (tertiary/aromatic N) is 1. The van der Waals surface area contributed by atoms with Crippen molar-refractivity contribution in [3.63, 3.8) is 0 Å². The lowest BCUT2D eigenvalue weighted by Crippen LogP contribution is -2.35. The van der Waals surface area contributed by atoms with Crippen LogP contribution in [0.5, 0.6) is 0 Å². The SMILES string of the molecule is CCN(CC(C)(C)CBr)c1ccc(F)cc1. The molecule has 1 aromatic carbocycles. The van der Waals surface area contributed by atoms with Gasteiger partial charge in [0.1, 0.15) is 5.82 Å². The first-order valence-corrected chi connectivity index (χ1v) is 6.67. The first-order valence-electron chi connectivity index (χ1n) is 5.55. The molecular weight excluding hydrogens is 269 g/mol. The fraction of sp³-hybridized carbons (Fsp3) is 0.538. The van der Waals surface area contributed by atoms with Gasteiger partial charge in [0.15, 0.2) is 0 Å². The molecule has 90 valence electrons. The molecule has 3 heteroatoms. The smallest absolute Gasteiger partial charge is 0.123 e. The second-order valence-electron chi connectivity index (χ2n) is 4.79. The fourth-order valence-corrected chi connectivity index (χ4v) is 1.77. The molecule has 1 aromatic rings. The minimum Gasteiger partial charge on any atom is -0.371 e. The predicted molar refractivity (Wildman–Crippen MR) is 71.9 cm³/mol. The zero-order valence-corrected chi connectivity index (χ0v) is 11.7. The Bertz CT molecular complexity index is 321. The zero-order chi connectivity index (χ0) is 12.2. The summed E-state index contributed by atoms with van der Waals surface area (Å²) in [6.07, 6.45) is 0. The summed E-state index contributed by atoms with van der Waals surface area (Å²) in [4.78, 5) is 2.26. The van der Waals surface area contributed by atoms with Crippen molar-refractivity contribution in [1.82, 2.24) is 0 Å². The van der Waals surface area contributed by atoms with Gasteiger partial charge in [0.05, 0.1) is 0 Å². The molecule has 1 rings (SSSR count). The number of alkyl halides is 1. The monoisotopic (exact) mass is 287 g/mol. The van der Waals surface area contributed by atoms with Gasteiger partial charge >= 0.3 is 0 Å². The van der Waals surface area contributed by atoms with Crippen LogP contribution in [-0.4, -0.2) is 18.4 Å². The Morgan fingerprint density at radius 1 is 1.25 bits per heavy atom. The van der Waals surface area contributed by atoms with E-state index in [1.54, 1.807) is 0 Å². The van der Waals surface area contributed by atoms with E-state index in [9.17, 15) is 4.39 Å². The van der Waals surface area contributed by atoms with Crippen molar-refractivity contribution in [1.29, 1.82) is 0 Å². The predicted octanol–water partition coefficient (Wildman–Crippen LogP) is 4.07. The average Bonchev–Trinajstić information content (AvgIpc) is 2.27. The molecule has 1 nitrogen and oxygen atoms in total. The molecule has 0 saturated heterocycles. The maximum absolute atomic E-state index is 12.8. The van der Waals surface area contributed by atoms with Crippen LogP contribution >= 0.6 is 15.9 Å². The van der Waals surface area contributed by atoms with Gasteiger partial charge in [-0.3, -0.25) is 0 Å². The van der Waals surface area contributed by atoms with Crippen LogP contribution in [0.15, 0.2) is 24.3 Å². The minimum absolute atomic E-state index is 0.181. The molecular formula is C13H19BrFN. The highest BCUT2D eigenvalue weighted by molar-refractivity contribution is 9.09. The molecule has 0 unspecified atom stereocenters. The normalized spacial score (nSPS) is 11.6. The Morgan fingerprint density at radius 2 is 1.81 bits per heavy atom. The number of hydrogen-bond acceptors (Lipinski definition) is 1. The number of halogens is 2. The quantitative estimate of drug-likeness (QED) is 0.738. The van der Waals surface area contributed by atoms with Gasteiger partial charge in [0, 0.05) is 24.1 Å². The summed E-state index contributed by atoms with van der Waals surface area (Å²) in [5.74, 6) is -0.181. The molecule has 0 fully saturated rings. The Labute approximate surface area is 106 Å². The summed E-state index contributed by atoms with van der Waals surface area (Å²) in [6, 6.07) is 6.70. The third-order valence-electron chi connectivity index (χ3n) is 2.55. The second kappa shape index (κ2) is 5.67. The summed E-state index contributed by atoms with van der Waals surface area (Å²) in [7, 11) is 0. The lowest BCUT2D eigenvalue weighted by molar-refractivity contribution is 0.425. The van der Waals surface area contributed by atoms with Gasteiger partial charge in [-0.15, -0.1) is 0 Å². The molecule has 0 heterocycles. The Kier molecular flexibility index (Phi) is 4.78. The molecule has 0 bridgehead atoms. The van der Waals surface area contributed by atoms with Crippen LogP contribution in [0.2, 0.25) is 0 Å². The molecule has 16 heavy (non-hydrogen) atoms. The van der Waals surface area contributed by atoms with Crippen LogP contribution in [0.1, 0.15) is 20.8 Å². The average molecular weight is 288 g/mol. The van der Waals surface area contributed by atoms with E-state index in [0.29, 0.717) is 0 Å². The number of rotatable bonds is 5. The van der Waals surface area contributed by atoms with Crippen molar-refractivity contribution >= 4 is 21.6 Å². The summed E-state index contributed by atoms with van der Waals surface area (Å²) >= 11 is 3.53. The Hall–Kier alpha value is -0.570. The third kappa shape index (κ3) is 3.78. The molecule has 0 aliphatic heterocycles. The number of anilines is 1. The summed E-state index contributed by atoms with van der Waals surface area (Å²) in [5, 5.41) is 0.956. The summed E-state index contributed by atoms with van der Waals surface area (Å²) in [5.41, 5.74) is 1.29. The first kappa shape index (κ1) is 13.5. The van der Waals surface area contributed by atoms with Gasteiger partial charge in [-0.25, -0.2) is 4.39 Å². The second-order valence-corrected chi connectivity index (χ2v) is 5.35. The van der Waals surface area contributed by atoms with Crippen molar-refractivity contribution in [2.24, 2.45) is 5.41 Å². The maximum atomic E-state index is 12.8.